The summed E-state index contributed by atoms with van der Waals surface area (Å²) in [5, 5.41) is 8.96. The average molecular weight is 344 g/mol. The fraction of sp³-hybridized carbons (Fsp3) is 0.368. The van der Waals surface area contributed by atoms with Crippen LogP contribution in [0, 0.1) is 0 Å². The van der Waals surface area contributed by atoms with E-state index in [2.05, 4.69) is 4.90 Å². The lowest BCUT2D eigenvalue weighted by Crippen LogP contribution is -2.37. The molecule has 1 N–H and O–H groups in total. The number of carboxylic acids is 1. The van der Waals surface area contributed by atoms with Crippen LogP contribution in [0.3, 0.4) is 0 Å². The zero-order valence-corrected chi connectivity index (χ0v) is 13.9. The molecule has 0 spiro atoms. The fourth-order valence-electron chi connectivity index (χ4n) is 3.10. The monoisotopic (exact) mass is 344 g/mol. The maximum absolute atomic E-state index is 13.2. The summed E-state index contributed by atoms with van der Waals surface area (Å²) in [7, 11) is 0. The summed E-state index contributed by atoms with van der Waals surface area (Å²) in [6.45, 7) is 2.73. The molecule has 0 saturated carbocycles. The third kappa shape index (κ3) is 4.14. The molecule has 1 aliphatic heterocycles. The summed E-state index contributed by atoms with van der Waals surface area (Å²) in [4.78, 5) is 25.8. The van der Waals surface area contributed by atoms with Crippen molar-refractivity contribution in [3.05, 3.63) is 58.5 Å². The van der Waals surface area contributed by atoms with E-state index in [0.29, 0.717) is 37.1 Å². The lowest BCUT2D eigenvalue weighted by molar-refractivity contribution is 0.0697. The molecule has 0 unspecified atom stereocenters. The zero-order chi connectivity index (χ0) is 17.8. The van der Waals surface area contributed by atoms with E-state index in [1.807, 2.05) is 6.07 Å². The van der Waals surface area contributed by atoms with Crippen molar-refractivity contribution in [3.8, 4) is 11.1 Å². The second kappa shape index (κ2) is 7.61. The van der Waals surface area contributed by atoms with E-state index >= 15 is 0 Å². The van der Waals surface area contributed by atoms with Crippen LogP contribution in [-0.2, 0) is 6.54 Å². The molecule has 2 aromatic rings. The first-order valence-electron chi connectivity index (χ1n) is 8.44. The highest BCUT2D eigenvalue weighted by molar-refractivity contribution is 5.88. The summed E-state index contributed by atoms with van der Waals surface area (Å²) in [6.07, 6.45) is 2.17. The number of piperidine rings is 1. The van der Waals surface area contributed by atoms with Crippen LogP contribution < -0.4 is 5.56 Å². The number of pyridine rings is 1. The van der Waals surface area contributed by atoms with Crippen molar-refractivity contribution in [3.63, 3.8) is 0 Å². The minimum atomic E-state index is -0.992. The Morgan fingerprint density at radius 3 is 2.44 bits per heavy atom. The van der Waals surface area contributed by atoms with Gasteiger partial charge in [-0.25, -0.2) is 9.18 Å². The molecule has 1 aromatic heterocycles. The molecule has 1 saturated heterocycles. The van der Waals surface area contributed by atoms with E-state index in [-0.39, 0.29) is 11.1 Å². The second-order valence-corrected chi connectivity index (χ2v) is 6.32. The van der Waals surface area contributed by atoms with Gasteiger partial charge >= 0.3 is 5.97 Å². The molecule has 2 heterocycles. The van der Waals surface area contributed by atoms with Crippen LogP contribution in [0.5, 0.6) is 0 Å². The van der Waals surface area contributed by atoms with Gasteiger partial charge in [0, 0.05) is 37.9 Å². The molecule has 0 radical (unpaired) electrons. The quantitative estimate of drug-likeness (QED) is 0.906. The summed E-state index contributed by atoms with van der Waals surface area (Å²) >= 11 is 0. The maximum Gasteiger partial charge on any atom is 0.335 e. The van der Waals surface area contributed by atoms with Gasteiger partial charge in [0.15, 0.2) is 0 Å². The van der Waals surface area contributed by atoms with Gasteiger partial charge in [-0.1, -0.05) is 12.1 Å². The summed E-state index contributed by atoms with van der Waals surface area (Å²) < 4.78 is 14.8. The largest absolute Gasteiger partial charge is 0.478 e. The minimum absolute atomic E-state index is 0.106. The number of carboxylic acid groups (broad SMARTS) is 1. The van der Waals surface area contributed by atoms with E-state index in [1.165, 1.54) is 12.1 Å². The number of aromatic carboxylic acids is 1. The van der Waals surface area contributed by atoms with Crippen molar-refractivity contribution in [2.24, 2.45) is 0 Å². The van der Waals surface area contributed by atoms with Crippen LogP contribution in [0.15, 0.2) is 47.4 Å². The van der Waals surface area contributed by atoms with Gasteiger partial charge < -0.3 is 14.6 Å². The Bertz CT molecular complexity index is 793. The predicted molar refractivity (Wildman–Crippen MR) is 93.7 cm³/mol. The highest BCUT2D eigenvalue weighted by Crippen LogP contribution is 2.16. The van der Waals surface area contributed by atoms with Gasteiger partial charge in [0.05, 0.1) is 5.56 Å². The number of alkyl halides is 1. The number of hydrogen-bond donors (Lipinski definition) is 1. The molecule has 3 rings (SSSR count). The number of nitrogens with zero attached hydrogens (tertiary/aromatic N) is 2. The van der Waals surface area contributed by atoms with Gasteiger partial charge in [0.25, 0.3) is 5.56 Å². The van der Waals surface area contributed by atoms with E-state index in [9.17, 15) is 14.0 Å². The Morgan fingerprint density at radius 2 is 1.80 bits per heavy atom. The van der Waals surface area contributed by atoms with E-state index in [1.54, 1.807) is 29.0 Å². The van der Waals surface area contributed by atoms with Gasteiger partial charge in [0.2, 0.25) is 0 Å². The first-order chi connectivity index (χ1) is 12.0. The fourth-order valence-corrected chi connectivity index (χ4v) is 3.10. The van der Waals surface area contributed by atoms with Gasteiger partial charge in [-0.3, -0.25) is 4.79 Å². The van der Waals surface area contributed by atoms with E-state index in [0.717, 1.165) is 13.1 Å². The van der Waals surface area contributed by atoms with Crippen molar-refractivity contribution < 1.29 is 14.3 Å². The van der Waals surface area contributed by atoms with Crippen LogP contribution in [0.2, 0.25) is 0 Å². The standard InChI is InChI=1S/C19H21FN2O3/c20-16-7-10-21(11-8-16)12-13-22-9-1-2-17(18(22)23)14-3-5-15(6-4-14)19(24)25/h1-6,9,16H,7-8,10-13H2,(H,24,25). The summed E-state index contributed by atoms with van der Waals surface area (Å²) in [5.74, 6) is -0.992. The molecule has 6 heteroatoms. The van der Waals surface area contributed by atoms with E-state index < -0.39 is 12.1 Å². The van der Waals surface area contributed by atoms with Crippen LogP contribution in [0.1, 0.15) is 23.2 Å². The van der Waals surface area contributed by atoms with Gasteiger partial charge in [-0.2, -0.15) is 0 Å². The number of halogens is 1. The van der Waals surface area contributed by atoms with Crippen molar-refractivity contribution in [2.45, 2.75) is 25.6 Å². The van der Waals surface area contributed by atoms with Crippen LogP contribution in [0.4, 0.5) is 4.39 Å². The summed E-state index contributed by atoms with van der Waals surface area (Å²) in [6, 6.07) is 9.84. The van der Waals surface area contributed by atoms with Crippen molar-refractivity contribution in [1.29, 1.82) is 0 Å². The Balaban J connectivity index is 1.73. The second-order valence-electron chi connectivity index (χ2n) is 6.32. The number of likely N-dealkylation sites (tertiary alicyclic amines) is 1. The average Bonchev–Trinajstić information content (AvgIpc) is 2.62. The van der Waals surface area contributed by atoms with Gasteiger partial charge in [-0.05, 0) is 42.7 Å². The number of benzene rings is 1. The van der Waals surface area contributed by atoms with Crippen LogP contribution in [0.25, 0.3) is 11.1 Å². The minimum Gasteiger partial charge on any atom is -0.478 e. The molecule has 1 fully saturated rings. The molecule has 5 nitrogen and oxygen atoms in total. The molecule has 0 bridgehead atoms. The van der Waals surface area contributed by atoms with E-state index in [4.69, 9.17) is 5.11 Å². The number of rotatable bonds is 5. The Kier molecular flexibility index (Phi) is 5.28. The summed E-state index contributed by atoms with van der Waals surface area (Å²) in [5.41, 5.74) is 1.33. The molecule has 25 heavy (non-hydrogen) atoms. The molecular formula is C19H21FN2O3. The molecule has 1 aliphatic rings. The Morgan fingerprint density at radius 1 is 1.12 bits per heavy atom. The Hall–Kier alpha value is -2.47. The maximum atomic E-state index is 13.2. The molecular weight excluding hydrogens is 323 g/mol. The van der Waals surface area contributed by atoms with Crippen molar-refractivity contribution in [2.75, 3.05) is 19.6 Å². The first kappa shape index (κ1) is 17.4. The number of carbonyl (C=O) groups is 1. The smallest absolute Gasteiger partial charge is 0.335 e. The molecule has 0 aliphatic carbocycles. The molecule has 0 amide bonds. The van der Waals surface area contributed by atoms with Gasteiger partial charge in [-0.15, -0.1) is 0 Å². The first-order valence-corrected chi connectivity index (χ1v) is 8.44. The zero-order valence-electron chi connectivity index (χ0n) is 13.9. The normalized spacial score (nSPS) is 16.0. The lowest BCUT2D eigenvalue weighted by atomic mass is 10.1. The highest BCUT2D eigenvalue weighted by atomic mass is 19.1. The molecule has 132 valence electrons. The van der Waals surface area contributed by atoms with Crippen molar-refractivity contribution in [1.82, 2.24) is 9.47 Å². The third-order valence-electron chi connectivity index (χ3n) is 4.64. The number of aromatic nitrogens is 1. The lowest BCUT2D eigenvalue weighted by Gasteiger charge is -2.28. The topological polar surface area (TPSA) is 62.5 Å². The molecule has 0 atom stereocenters. The van der Waals surface area contributed by atoms with Crippen LogP contribution >= 0.6 is 0 Å². The Labute approximate surface area is 145 Å². The SMILES string of the molecule is O=C(O)c1ccc(-c2cccn(CCN3CCC(F)CC3)c2=O)cc1. The highest BCUT2D eigenvalue weighted by Gasteiger charge is 2.18. The predicted octanol–water partition coefficient (Wildman–Crippen LogP) is 2.65. The van der Waals surface area contributed by atoms with Crippen LogP contribution in [-0.4, -0.2) is 46.3 Å². The third-order valence-corrected chi connectivity index (χ3v) is 4.64. The van der Waals surface area contributed by atoms with Crippen molar-refractivity contribution >= 4 is 5.97 Å². The van der Waals surface area contributed by atoms with Gasteiger partial charge in [0.1, 0.15) is 6.17 Å². The molecule has 1 aromatic carbocycles. The number of hydrogen-bond acceptors (Lipinski definition) is 3.